The van der Waals surface area contributed by atoms with Crippen molar-refractivity contribution in [2.75, 3.05) is 19.9 Å². The summed E-state index contributed by atoms with van der Waals surface area (Å²) in [6.07, 6.45) is 4.56. The van der Waals surface area contributed by atoms with Crippen LogP contribution in [0.5, 0.6) is 0 Å². The molecule has 3 atom stereocenters. The van der Waals surface area contributed by atoms with Crippen LogP contribution in [0.15, 0.2) is 0 Å². The second-order valence-corrected chi connectivity index (χ2v) is 6.98. The van der Waals surface area contributed by atoms with Crippen LogP contribution in [0.4, 0.5) is 0 Å². The molecule has 1 N–H and O–H groups in total. The fraction of sp³-hybridized carbons (Fsp3) is 1.00. The van der Waals surface area contributed by atoms with Crippen molar-refractivity contribution in [2.45, 2.75) is 57.4 Å². The molecule has 96 valence electrons. The van der Waals surface area contributed by atoms with Gasteiger partial charge in [-0.25, -0.2) is 0 Å². The Morgan fingerprint density at radius 3 is 2.50 bits per heavy atom. The first-order chi connectivity index (χ1) is 7.37. The fourth-order valence-electron chi connectivity index (χ4n) is 2.40. The first kappa shape index (κ1) is 14.3. The van der Waals surface area contributed by atoms with Crippen molar-refractivity contribution >= 4 is 11.8 Å². The molecule has 0 amide bonds. The molecule has 3 heteroatoms. The predicted molar refractivity (Wildman–Crippen MR) is 73.2 cm³/mol. The molecule has 0 aliphatic heterocycles. The normalized spacial score (nSPS) is 34.5. The van der Waals surface area contributed by atoms with Gasteiger partial charge < -0.3 is 10.1 Å². The summed E-state index contributed by atoms with van der Waals surface area (Å²) in [5.74, 6) is 0. The van der Waals surface area contributed by atoms with Gasteiger partial charge in [0.05, 0.1) is 5.60 Å². The Balaban J connectivity index is 2.32. The average Bonchev–Trinajstić information content (AvgIpc) is 2.27. The third-order valence-electron chi connectivity index (χ3n) is 4.62. The Morgan fingerprint density at radius 2 is 2.06 bits per heavy atom. The molecule has 1 saturated carbocycles. The van der Waals surface area contributed by atoms with E-state index in [1.54, 1.807) is 0 Å². The van der Waals surface area contributed by atoms with E-state index < -0.39 is 0 Å². The van der Waals surface area contributed by atoms with Gasteiger partial charge in [-0.2, -0.15) is 11.8 Å². The maximum Gasteiger partial charge on any atom is 0.0731 e. The van der Waals surface area contributed by atoms with E-state index in [4.69, 9.17) is 4.74 Å². The lowest BCUT2D eigenvalue weighted by molar-refractivity contribution is -0.180. The topological polar surface area (TPSA) is 21.3 Å². The van der Waals surface area contributed by atoms with Gasteiger partial charge in [-0.3, -0.25) is 0 Å². The van der Waals surface area contributed by atoms with Crippen LogP contribution in [0.3, 0.4) is 0 Å². The molecule has 0 aromatic heterocycles. The van der Waals surface area contributed by atoms with Crippen LogP contribution in [-0.2, 0) is 4.74 Å². The SMILES string of the molecule is COC1(C)CC(NCCC(C)SC)C1(C)C. The molecule has 2 nitrogen and oxygen atoms in total. The van der Waals surface area contributed by atoms with Gasteiger partial charge in [-0.1, -0.05) is 20.8 Å². The van der Waals surface area contributed by atoms with Gasteiger partial charge in [-0.05, 0) is 32.6 Å². The van der Waals surface area contributed by atoms with Crippen LogP contribution in [0.1, 0.15) is 40.5 Å². The van der Waals surface area contributed by atoms with Crippen LogP contribution in [-0.4, -0.2) is 36.8 Å². The molecule has 1 aliphatic carbocycles. The number of nitrogens with one attached hydrogen (secondary N) is 1. The summed E-state index contributed by atoms with van der Waals surface area (Å²) in [4.78, 5) is 0. The molecule has 0 aromatic carbocycles. The Kier molecular flexibility index (Phi) is 4.73. The van der Waals surface area contributed by atoms with Crippen LogP contribution >= 0.6 is 11.8 Å². The summed E-state index contributed by atoms with van der Waals surface area (Å²) < 4.78 is 5.62. The van der Waals surface area contributed by atoms with E-state index in [1.807, 2.05) is 18.9 Å². The highest BCUT2D eigenvalue weighted by molar-refractivity contribution is 7.99. The third kappa shape index (κ3) is 2.57. The van der Waals surface area contributed by atoms with E-state index in [0.29, 0.717) is 6.04 Å². The van der Waals surface area contributed by atoms with Gasteiger partial charge in [0, 0.05) is 23.8 Å². The molecule has 16 heavy (non-hydrogen) atoms. The fourth-order valence-corrected chi connectivity index (χ4v) is 2.75. The summed E-state index contributed by atoms with van der Waals surface area (Å²) in [6, 6.07) is 0.603. The summed E-state index contributed by atoms with van der Waals surface area (Å²) in [5, 5.41) is 4.42. The second kappa shape index (κ2) is 5.28. The van der Waals surface area contributed by atoms with Gasteiger partial charge >= 0.3 is 0 Å². The molecule has 1 fully saturated rings. The lowest BCUT2D eigenvalue weighted by atomic mass is 9.56. The van der Waals surface area contributed by atoms with Gasteiger partial charge in [0.1, 0.15) is 0 Å². The monoisotopic (exact) mass is 245 g/mol. The quantitative estimate of drug-likeness (QED) is 0.777. The molecule has 0 heterocycles. The molecule has 3 unspecified atom stereocenters. The Morgan fingerprint density at radius 1 is 1.44 bits per heavy atom. The molecule has 0 saturated heterocycles. The highest BCUT2D eigenvalue weighted by Gasteiger charge is 2.57. The van der Waals surface area contributed by atoms with Crippen molar-refractivity contribution in [1.29, 1.82) is 0 Å². The third-order valence-corrected chi connectivity index (χ3v) is 5.66. The molecular weight excluding hydrogens is 218 g/mol. The number of ether oxygens (including phenoxy) is 1. The average molecular weight is 245 g/mol. The standard InChI is InChI=1S/C13H27NOS/c1-10(16-6)7-8-14-11-9-13(4,15-5)12(11,2)3/h10-11,14H,7-9H2,1-6H3. The second-order valence-electron chi connectivity index (χ2n) is 5.70. The minimum atomic E-state index is 0.0514. The lowest BCUT2D eigenvalue weighted by Crippen LogP contribution is -2.67. The summed E-state index contributed by atoms with van der Waals surface area (Å²) in [6.45, 7) is 10.2. The minimum absolute atomic E-state index is 0.0514. The summed E-state index contributed by atoms with van der Waals surface area (Å²) in [5.41, 5.74) is 0.292. The zero-order valence-corrected chi connectivity index (χ0v) is 12.4. The van der Waals surface area contributed by atoms with Crippen molar-refractivity contribution in [1.82, 2.24) is 5.32 Å². The number of hydrogen-bond donors (Lipinski definition) is 1. The molecule has 0 aromatic rings. The van der Waals surface area contributed by atoms with Gasteiger partial charge in [0.2, 0.25) is 0 Å². The molecule has 0 radical (unpaired) electrons. The molecule has 0 bridgehead atoms. The number of methoxy groups -OCH3 is 1. The minimum Gasteiger partial charge on any atom is -0.378 e. The van der Waals surface area contributed by atoms with Gasteiger partial charge in [0.15, 0.2) is 0 Å². The van der Waals surface area contributed by atoms with E-state index in [1.165, 1.54) is 6.42 Å². The number of thioether (sulfide) groups is 1. The highest BCUT2D eigenvalue weighted by atomic mass is 32.2. The Labute approximate surface area is 105 Å². The summed E-state index contributed by atoms with van der Waals surface area (Å²) in [7, 11) is 1.83. The highest BCUT2D eigenvalue weighted by Crippen LogP contribution is 2.51. The van der Waals surface area contributed by atoms with Crippen molar-refractivity contribution in [2.24, 2.45) is 5.41 Å². The number of rotatable bonds is 6. The van der Waals surface area contributed by atoms with Crippen LogP contribution in [0.2, 0.25) is 0 Å². The van der Waals surface area contributed by atoms with E-state index in [9.17, 15) is 0 Å². The summed E-state index contributed by atoms with van der Waals surface area (Å²) >= 11 is 1.94. The first-order valence-electron chi connectivity index (χ1n) is 6.18. The smallest absolute Gasteiger partial charge is 0.0731 e. The maximum absolute atomic E-state index is 5.62. The van der Waals surface area contributed by atoms with Crippen LogP contribution in [0.25, 0.3) is 0 Å². The zero-order chi connectivity index (χ0) is 12.4. The number of hydrogen-bond acceptors (Lipinski definition) is 3. The predicted octanol–water partition coefficient (Wildman–Crippen LogP) is 2.92. The Bertz CT molecular complexity index is 232. The van der Waals surface area contributed by atoms with Crippen molar-refractivity contribution in [3.8, 4) is 0 Å². The van der Waals surface area contributed by atoms with Gasteiger partial charge in [0.25, 0.3) is 0 Å². The largest absolute Gasteiger partial charge is 0.378 e. The Hall–Kier alpha value is 0.270. The van der Waals surface area contributed by atoms with Crippen molar-refractivity contribution < 1.29 is 4.74 Å². The van der Waals surface area contributed by atoms with Crippen LogP contribution < -0.4 is 5.32 Å². The molecule has 1 rings (SSSR count). The van der Waals surface area contributed by atoms with E-state index in [2.05, 4.69) is 39.3 Å². The van der Waals surface area contributed by atoms with E-state index >= 15 is 0 Å². The van der Waals surface area contributed by atoms with Crippen molar-refractivity contribution in [3.63, 3.8) is 0 Å². The van der Waals surface area contributed by atoms with Gasteiger partial charge in [-0.15, -0.1) is 0 Å². The van der Waals surface area contributed by atoms with Crippen molar-refractivity contribution in [3.05, 3.63) is 0 Å². The van der Waals surface area contributed by atoms with E-state index in [0.717, 1.165) is 18.2 Å². The zero-order valence-electron chi connectivity index (χ0n) is 11.6. The lowest BCUT2D eigenvalue weighted by Gasteiger charge is -2.59. The molecular formula is C13H27NOS. The van der Waals surface area contributed by atoms with Crippen LogP contribution in [0, 0.1) is 5.41 Å². The molecule has 0 spiro atoms. The maximum atomic E-state index is 5.62. The van der Waals surface area contributed by atoms with E-state index in [-0.39, 0.29) is 11.0 Å². The first-order valence-corrected chi connectivity index (χ1v) is 7.47. The molecule has 1 aliphatic rings.